The van der Waals surface area contributed by atoms with Crippen molar-refractivity contribution in [1.29, 1.82) is 0 Å². The lowest BCUT2D eigenvalue weighted by Crippen LogP contribution is -2.45. The summed E-state index contributed by atoms with van der Waals surface area (Å²) >= 11 is 12.5. The third kappa shape index (κ3) is 7.38. The van der Waals surface area contributed by atoms with Gasteiger partial charge in [-0.3, -0.25) is 9.69 Å². The van der Waals surface area contributed by atoms with E-state index in [0.29, 0.717) is 41.0 Å². The first kappa shape index (κ1) is 28.9. The van der Waals surface area contributed by atoms with E-state index in [0.717, 1.165) is 22.2 Å². The number of aromatic nitrogens is 2. The van der Waals surface area contributed by atoms with Crippen molar-refractivity contribution in [1.82, 2.24) is 14.9 Å². The van der Waals surface area contributed by atoms with Crippen LogP contribution in [0.2, 0.25) is 10.0 Å². The van der Waals surface area contributed by atoms with Crippen LogP contribution in [0.3, 0.4) is 0 Å². The van der Waals surface area contributed by atoms with Crippen LogP contribution in [-0.2, 0) is 27.3 Å². The molecule has 0 aliphatic carbocycles. The van der Waals surface area contributed by atoms with Crippen LogP contribution in [0.4, 0.5) is 10.5 Å². The van der Waals surface area contributed by atoms with Crippen LogP contribution in [0.5, 0.6) is 0 Å². The van der Waals surface area contributed by atoms with Gasteiger partial charge in [0.05, 0.1) is 30.3 Å². The van der Waals surface area contributed by atoms with Gasteiger partial charge >= 0.3 is 6.09 Å². The normalized spacial score (nSPS) is 17.1. The summed E-state index contributed by atoms with van der Waals surface area (Å²) in [6, 6.07) is 19.7. The van der Waals surface area contributed by atoms with Gasteiger partial charge in [0.2, 0.25) is 5.91 Å². The number of carbonyl (C=O) groups excluding carboxylic acids is 2. The lowest BCUT2D eigenvalue weighted by molar-refractivity contribution is -0.120. The van der Waals surface area contributed by atoms with Crippen LogP contribution >= 0.6 is 23.2 Å². The maximum Gasteiger partial charge on any atom is 0.411 e. The number of imidazole rings is 1. The number of halogens is 2. The summed E-state index contributed by atoms with van der Waals surface area (Å²) in [5.41, 5.74) is 3.27. The smallest absolute Gasteiger partial charge is 0.411 e. The number of nitrogens with one attached hydrogen (secondary N) is 2. The number of hydrogen-bond acceptors (Lipinski definition) is 5. The summed E-state index contributed by atoms with van der Waals surface area (Å²) in [6.45, 7) is 6.02. The second-order valence-corrected chi connectivity index (χ2v) is 12.0. The fraction of sp³-hybridized carbons (Fsp3) is 0.323. The van der Waals surface area contributed by atoms with E-state index in [1.165, 1.54) is 4.90 Å². The van der Waals surface area contributed by atoms with Crippen LogP contribution in [-0.4, -0.2) is 51.2 Å². The lowest BCUT2D eigenvalue weighted by atomic mass is 10.1. The van der Waals surface area contributed by atoms with Gasteiger partial charge in [0, 0.05) is 28.6 Å². The third-order valence-electron chi connectivity index (χ3n) is 6.70. The van der Waals surface area contributed by atoms with Crippen LogP contribution < -0.4 is 5.32 Å². The predicted octanol–water partition coefficient (Wildman–Crippen LogP) is 6.99. The summed E-state index contributed by atoms with van der Waals surface area (Å²) in [6.07, 6.45) is -0.150. The SMILES string of the molecule is CC(C)(C)OC(=O)N1C[C@H](OCc2ccccc2)C[C@@H]1C(=O)Nc1ccc(Cl)cc1Cc1nc2ccc(Cl)cc2[nH]1. The number of H-pyrrole nitrogens is 1. The number of fused-ring (bicyclic) bond motifs is 1. The molecule has 0 spiro atoms. The van der Waals surface area contributed by atoms with Gasteiger partial charge in [-0.15, -0.1) is 0 Å². The highest BCUT2D eigenvalue weighted by Crippen LogP contribution is 2.28. The van der Waals surface area contributed by atoms with Crippen molar-refractivity contribution in [3.8, 4) is 0 Å². The number of anilines is 1. The van der Waals surface area contributed by atoms with Crippen molar-refractivity contribution in [2.45, 2.75) is 58.0 Å². The van der Waals surface area contributed by atoms with Gasteiger partial charge in [-0.25, -0.2) is 9.78 Å². The van der Waals surface area contributed by atoms with E-state index in [2.05, 4.69) is 15.3 Å². The molecule has 2 heterocycles. The van der Waals surface area contributed by atoms with Crippen molar-refractivity contribution < 1.29 is 19.1 Å². The second kappa shape index (κ2) is 12.1. The zero-order chi connectivity index (χ0) is 29.1. The predicted molar refractivity (Wildman–Crippen MR) is 160 cm³/mol. The Labute approximate surface area is 248 Å². The largest absolute Gasteiger partial charge is 0.444 e. The Morgan fingerprint density at radius 2 is 1.78 bits per heavy atom. The van der Waals surface area contributed by atoms with E-state index in [-0.39, 0.29) is 18.6 Å². The molecule has 3 aromatic carbocycles. The molecule has 0 bridgehead atoms. The third-order valence-corrected chi connectivity index (χ3v) is 7.17. The first-order valence-electron chi connectivity index (χ1n) is 13.4. The zero-order valence-electron chi connectivity index (χ0n) is 23.1. The minimum Gasteiger partial charge on any atom is -0.444 e. The molecule has 0 unspecified atom stereocenters. The maximum absolute atomic E-state index is 13.7. The number of rotatable bonds is 7. The highest BCUT2D eigenvalue weighted by Gasteiger charge is 2.42. The van der Waals surface area contributed by atoms with Crippen LogP contribution in [0.15, 0.2) is 66.7 Å². The Bertz CT molecular complexity index is 1550. The molecule has 2 N–H and O–H groups in total. The number of aromatic amines is 1. The fourth-order valence-corrected chi connectivity index (χ4v) is 5.19. The molecule has 8 nitrogen and oxygen atoms in total. The highest BCUT2D eigenvalue weighted by atomic mass is 35.5. The Morgan fingerprint density at radius 1 is 1.05 bits per heavy atom. The first-order valence-corrected chi connectivity index (χ1v) is 14.2. The van der Waals surface area contributed by atoms with E-state index in [9.17, 15) is 9.59 Å². The molecule has 1 aliphatic rings. The highest BCUT2D eigenvalue weighted by molar-refractivity contribution is 6.31. The standard InChI is InChI=1S/C31H32Cl2N4O4/c1-31(2,3)41-30(39)37-17-23(40-18-19-7-5-4-6-8-19)16-27(37)29(38)36-24-11-9-21(32)13-20(24)14-28-34-25-12-10-22(33)15-26(25)35-28/h4-13,15,23,27H,14,16-18H2,1-3H3,(H,34,35)(H,36,38)/t23-,27-/m1/s1. The van der Waals surface area contributed by atoms with Gasteiger partial charge in [-0.1, -0.05) is 53.5 Å². The number of amides is 2. The molecule has 1 saturated heterocycles. The summed E-state index contributed by atoms with van der Waals surface area (Å²) in [4.78, 5) is 36.2. The molecule has 1 fully saturated rings. The minimum atomic E-state index is -0.775. The van der Waals surface area contributed by atoms with Crippen molar-refractivity contribution >= 4 is 51.9 Å². The van der Waals surface area contributed by atoms with Crippen LogP contribution in [0.1, 0.15) is 44.1 Å². The second-order valence-electron chi connectivity index (χ2n) is 11.1. The number of hydrogen-bond donors (Lipinski definition) is 2. The summed E-state index contributed by atoms with van der Waals surface area (Å²) < 4.78 is 11.7. The molecule has 0 radical (unpaired) electrons. The summed E-state index contributed by atoms with van der Waals surface area (Å²) in [5, 5.41) is 4.16. The van der Waals surface area contributed by atoms with E-state index < -0.39 is 17.7 Å². The summed E-state index contributed by atoms with van der Waals surface area (Å²) in [5.74, 6) is 0.368. The summed E-state index contributed by atoms with van der Waals surface area (Å²) in [7, 11) is 0. The number of nitrogens with zero attached hydrogens (tertiary/aromatic N) is 2. The Kier molecular flexibility index (Phi) is 8.54. The van der Waals surface area contributed by atoms with Crippen molar-refractivity contribution in [3.63, 3.8) is 0 Å². The van der Waals surface area contributed by atoms with Crippen LogP contribution in [0.25, 0.3) is 11.0 Å². The van der Waals surface area contributed by atoms with E-state index in [1.54, 1.807) is 45.0 Å². The molecule has 1 aromatic heterocycles. The molecule has 1 aliphatic heterocycles. The molecule has 214 valence electrons. The van der Waals surface area contributed by atoms with Gasteiger partial charge in [0.1, 0.15) is 17.5 Å². The molecule has 0 saturated carbocycles. The van der Waals surface area contributed by atoms with Crippen molar-refractivity contribution in [3.05, 3.63) is 93.7 Å². The average Bonchev–Trinajstić information content (AvgIpc) is 3.52. The fourth-order valence-electron chi connectivity index (χ4n) is 4.82. The first-order chi connectivity index (χ1) is 19.5. The van der Waals surface area contributed by atoms with E-state index in [4.69, 9.17) is 32.7 Å². The monoisotopic (exact) mass is 594 g/mol. The average molecular weight is 596 g/mol. The van der Waals surface area contributed by atoms with Crippen LogP contribution in [0, 0.1) is 0 Å². The number of ether oxygens (including phenoxy) is 2. The van der Waals surface area contributed by atoms with Gasteiger partial charge in [0.15, 0.2) is 0 Å². The molecule has 2 amide bonds. The Morgan fingerprint density at radius 3 is 2.54 bits per heavy atom. The number of carbonyl (C=O) groups is 2. The molecule has 4 aromatic rings. The zero-order valence-corrected chi connectivity index (χ0v) is 24.6. The number of benzene rings is 3. The Hall–Kier alpha value is -3.59. The minimum absolute atomic E-state index is 0.245. The van der Waals surface area contributed by atoms with E-state index >= 15 is 0 Å². The maximum atomic E-state index is 13.7. The molecule has 2 atom stereocenters. The topological polar surface area (TPSA) is 96.5 Å². The molecule has 10 heteroatoms. The van der Waals surface area contributed by atoms with Crippen molar-refractivity contribution in [2.24, 2.45) is 0 Å². The van der Waals surface area contributed by atoms with E-state index in [1.807, 2.05) is 42.5 Å². The van der Waals surface area contributed by atoms with Crippen molar-refractivity contribution in [2.75, 3.05) is 11.9 Å². The molecular formula is C31H32Cl2N4O4. The quantitative estimate of drug-likeness (QED) is 0.240. The lowest BCUT2D eigenvalue weighted by Gasteiger charge is -2.28. The van der Waals surface area contributed by atoms with Gasteiger partial charge in [0.25, 0.3) is 0 Å². The van der Waals surface area contributed by atoms with Gasteiger partial charge in [-0.05, 0) is 68.3 Å². The van der Waals surface area contributed by atoms with Gasteiger partial charge < -0.3 is 19.8 Å². The van der Waals surface area contributed by atoms with Gasteiger partial charge in [-0.2, -0.15) is 0 Å². The Balaban J connectivity index is 1.34. The molecular weight excluding hydrogens is 563 g/mol. The molecule has 5 rings (SSSR count). The molecule has 41 heavy (non-hydrogen) atoms. The number of likely N-dealkylation sites (tertiary alicyclic amines) is 1.